The first kappa shape index (κ1) is 14.2. The molecule has 1 unspecified atom stereocenters. The molecule has 0 aliphatic heterocycles. The summed E-state index contributed by atoms with van der Waals surface area (Å²) in [4.78, 5) is 17.6. The number of nitrogens with zero attached hydrogens (tertiary/aromatic N) is 3. The molecule has 0 aliphatic carbocycles. The van der Waals surface area contributed by atoms with Crippen molar-refractivity contribution in [2.24, 2.45) is 0 Å². The van der Waals surface area contributed by atoms with E-state index in [1.165, 1.54) is 0 Å². The zero-order chi connectivity index (χ0) is 13.4. The molecule has 0 fully saturated rings. The average Bonchev–Trinajstić information content (AvgIpc) is 2.42. The second kappa shape index (κ2) is 7.44. The first-order chi connectivity index (χ1) is 8.69. The molecule has 0 radical (unpaired) electrons. The minimum Gasteiger partial charge on any atom is -0.346 e. The van der Waals surface area contributed by atoms with Crippen LogP contribution in [0.5, 0.6) is 0 Å². The van der Waals surface area contributed by atoms with Crippen molar-refractivity contribution in [1.82, 2.24) is 9.88 Å². The normalized spacial score (nSPS) is 11.6. The van der Waals surface area contributed by atoms with Gasteiger partial charge >= 0.3 is 0 Å². The van der Waals surface area contributed by atoms with E-state index in [9.17, 15) is 4.79 Å². The van der Waals surface area contributed by atoms with E-state index in [4.69, 9.17) is 5.26 Å². The summed E-state index contributed by atoms with van der Waals surface area (Å²) in [5.41, 5.74) is 0.803. The van der Waals surface area contributed by atoms with Crippen LogP contribution in [0.25, 0.3) is 0 Å². The van der Waals surface area contributed by atoms with Gasteiger partial charge in [-0.05, 0) is 18.1 Å². The van der Waals surface area contributed by atoms with Crippen LogP contribution in [-0.2, 0) is 4.79 Å². The van der Waals surface area contributed by atoms with Crippen LogP contribution in [0.15, 0.2) is 24.5 Å². The van der Waals surface area contributed by atoms with Crippen molar-refractivity contribution in [2.45, 2.75) is 32.1 Å². The third-order valence-corrected chi connectivity index (χ3v) is 2.89. The zero-order valence-corrected chi connectivity index (χ0v) is 11.0. The number of hydrogen-bond acceptors (Lipinski definition) is 3. The lowest BCUT2D eigenvalue weighted by atomic mass is 9.98. The van der Waals surface area contributed by atoms with E-state index in [-0.39, 0.29) is 12.3 Å². The summed E-state index contributed by atoms with van der Waals surface area (Å²) in [6.45, 7) is 2.84. The first-order valence-electron chi connectivity index (χ1n) is 6.22. The van der Waals surface area contributed by atoms with E-state index in [0.717, 1.165) is 24.9 Å². The van der Waals surface area contributed by atoms with Crippen molar-refractivity contribution in [3.8, 4) is 6.07 Å². The predicted molar refractivity (Wildman–Crippen MR) is 69.8 cm³/mol. The Balaban J connectivity index is 2.59. The summed E-state index contributed by atoms with van der Waals surface area (Å²) in [5.74, 6) is -0.394. The van der Waals surface area contributed by atoms with Gasteiger partial charge < -0.3 is 4.90 Å². The van der Waals surface area contributed by atoms with Crippen LogP contribution < -0.4 is 0 Å². The minimum atomic E-state index is -0.407. The van der Waals surface area contributed by atoms with Crippen molar-refractivity contribution in [1.29, 1.82) is 5.26 Å². The molecule has 1 heterocycles. The van der Waals surface area contributed by atoms with Crippen LogP contribution >= 0.6 is 0 Å². The molecule has 1 atom stereocenters. The van der Waals surface area contributed by atoms with Gasteiger partial charge in [0.25, 0.3) is 0 Å². The molecule has 0 N–H and O–H groups in total. The van der Waals surface area contributed by atoms with Gasteiger partial charge in [-0.3, -0.25) is 9.78 Å². The van der Waals surface area contributed by atoms with Crippen LogP contribution in [-0.4, -0.2) is 29.4 Å². The van der Waals surface area contributed by atoms with Gasteiger partial charge in [0.1, 0.15) is 0 Å². The Hall–Kier alpha value is -1.89. The number of unbranched alkanes of at least 4 members (excludes halogenated alkanes) is 1. The Kier molecular flexibility index (Phi) is 5.86. The quantitative estimate of drug-likeness (QED) is 0.773. The Morgan fingerprint density at radius 1 is 1.61 bits per heavy atom. The molecule has 4 heteroatoms. The van der Waals surface area contributed by atoms with E-state index in [1.54, 1.807) is 30.4 Å². The third-order valence-electron chi connectivity index (χ3n) is 2.89. The van der Waals surface area contributed by atoms with Gasteiger partial charge in [0.2, 0.25) is 5.91 Å². The van der Waals surface area contributed by atoms with E-state index in [2.05, 4.69) is 18.0 Å². The van der Waals surface area contributed by atoms with Gasteiger partial charge in [0, 0.05) is 32.4 Å². The highest BCUT2D eigenvalue weighted by Crippen LogP contribution is 2.18. The largest absolute Gasteiger partial charge is 0.346 e. The summed E-state index contributed by atoms with van der Waals surface area (Å²) < 4.78 is 0. The first-order valence-corrected chi connectivity index (χ1v) is 6.22. The maximum atomic E-state index is 11.9. The second-order valence-electron chi connectivity index (χ2n) is 4.34. The molecule has 0 aromatic carbocycles. The second-order valence-corrected chi connectivity index (χ2v) is 4.34. The summed E-state index contributed by atoms with van der Waals surface area (Å²) in [7, 11) is 1.79. The predicted octanol–water partition coefficient (Wildman–Crippen LogP) is 2.34. The highest BCUT2D eigenvalue weighted by atomic mass is 16.2. The molecule has 1 amide bonds. The van der Waals surface area contributed by atoms with Crippen molar-refractivity contribution < 1.29 is 4.79 Å². The van der Waals surface area contributed by atoms with Crippen LogP contribution in [0.2, 0.25) is 0 Å². The molecule has 1 aromatic rings. The number of nitriles is 1. The molecule has 1 aromatic heterocycles. The number of amides is 1. The Morgan fingerprint density at radius 2 is 2.39 bits per heavy atom. The monoisotopic (exact) mass is 245 g/mol. The van der Waals surface area contributed by atoms with Gasteiger partial charge in [-0.2, -0.15) is 5.26 Å². The third kappa shape index (κ3) is 4.17. The summed E-state index contributed by atoms with van der Waals surface area (Å²) in [5, 5.41) is 9.14. The van der Waals surface area contributed by atoms with Gasteiger partial charge in [-0.1, -0.05) is 19.4 Å². The molecule has 0 spiro atoms. The Morgan fingerprint density at radius 3 is 2.94 bits per heavy atom. The molecule has 18 heavy (non-hydrogen) atoms. The van der Waals surface area contributed by atoms with Crippen LogP contribution in [0.4, 0.5) is 0 Å². The lowest BCUT2D eigenvalue weighted by Gasteiger charge is -2.18. The average molecular weight is 245 g/mol. The SMILES string of the molecule is CCCCN(C)C(=O)CC(C#N)c1cccnc1. The van der Waals surface area contributed by atoms with Crippen molar-refractivity contribution in [3.05, 3.63) is 30.1 Å². The summed E-state index contributed by atoms with van der Waals surface area (Å²) in [6, 6.07) is 5.79. The van der Waals surface area contributed by atoms with E-state index in [1.807, 2.05) is 6.07 Å². The molecule has 0 aliphatic rings. The van der Waals surface area contributed by atoms with Gasteiger partial charge in [0.15, 0.2) is 0 Å². The molecule has 96 valence electrons. The van der Waals surface area contributed by atoms with Crippen molar-refractivity contribution >= 4 is 5.91 Å². The highest BCUT2D eigenvalue weighted by Gasteiger charge is 2.18. The van der Waals surface area contributed by atoms with E-state index >= 15 is 0 Å². The smallest absolute Gasteiger partial charge is 0.223 e. The number of carbonyl (C=O) groups is 1. The fourth-order valence-corrected chi connectivity index (χ4v) is 1.67. The fourth-order valence-electron chi connectivity index (χ4n) is 1.67. The molecular formula is C14H19N3O. The fraction of sp³-hybridized carbons (Fsp3) is 0.500. The maximum Gasteiger partial charge on any atom is 0.223 e. The number of carbonyl (C=O) groups excluding carboxylic acids is 1. The topological polar surface area (TPSA) is 57.0 Å². The number of hydrogen-bond donors (Lipinski definition) is 0. The van der Waals surface area contributed by atoms with Gasteiger partial charge in [-0.25, -0.2) is 0 Å². The van der Waals surface area contributed by atoms with E-state index in [0.29, 0.717) is 0 Å². The molecule has 1 rings (SSSR count). The lowest BCUT2D eigenvalue weighted by Crippen LogP contribution is -2.28. The van der Waals surface area contributed by atoms with Crippen molar-refractivity contribution in [2.75, 3.05) is 13.6 Å². The van der Waals surface area contributed by atoms with E-state index < -0.39 is 5.92 Å². The molecule has 0 saturated heterocycles. The molecule has 0 saturated carbocycles. The summed E-state index contributed by atoms with van der Waals surface area (Å²) >= 11 is 0. The zero-order valence-electron chi connectivity index (χ0n) is 11.0. The van der Waals surface area contributed by atoms with Gasteiger partial charge in [0.05, 0.1) is 12.0 Å². The molecular weight excluding hydrogens is 226 g/mol. The summed E-state index contributed by atoms with van der Waals surface area (Å²) in [6.07, 6.45) is 5.58. The number of pyridine rings is 1. The maximum absolute atomic E-state index is 11.9. The van der Waals surface area contributed by atoms with Crippen LogP contribution in [0, 0.1) is 11.3 Å². The Bertz CT molecular complexity index is 411. The lowest BCUT2D eigenvalue weighted by molar-refractivity contribution is -0.130. The minimum absolute atomic E-state index is 0.0128. The Labute approximate surface area is 108 Å². The highest BCUT2D eigenvalue weighted by molar-refractivity contribution is 5.77. The van der Waals surface area contributed by atoms with Gasteiger partial charge in [-0.15, -0.1) is 0 Å². The van der Waals surface area contributed by atoms with Crippen molar-refractivity contribution in [3.63, 3.8) is 0 Å². The standard InChI is InChI=1S/C14H19N3O/c1-3-4-8-17(2)14(18)9-13(10-15)12-6-5-7-16-11-12/h5-7,11,13H,3-4,8-9H2,1-2H3. The van der Waals surface area contributed by atoms with Crippen LogP contribution in [0.1, 0.15) is 37.7 Å². The van der Waals surface area contributed by atoms with Crippen LogP contribution in [0.3, 0.4) is 0 Å². The molecule has 0 bridgehead atoms. The molecule has 4 nitrogen and oxygen atoms in total. The number of aromatic nitrogens is 1. The number of rotatable bonds is 6.